The van der Waals surface area contributed by atoms with Crippen molar-refractivity contribution in [2.75, 3.05) is 25.5 Å². The van der Waals surface area contributed by atoms with Gasteiger partial charge >= 0.3 is 5.97 Å². The third-order valence-electron chi connectivity index (χ3n) is 3.02. The molecule has 1 unspecified atom stereocenters. The van der Waals surface area contributed by atoms with Gasteiger partial charge in [0.05, 0.1) is 0 Å². The number of carboxylic acids is 1. The summed E-state index contributed by atoms with van der Waals surface area (Å²) in [5, 5.41) is 12.0. The first-order chi connectivity index (χ1) is 7.89. The van der Waals surface area contributed by atoms with Crippen LogP contribution in [-0.2, 0) is 4.79 Å². The first-order valence-electron chi connectivity index (χ1n) is 5.59. The number of carbonyl (C=O) groups is 1. The molecule has 17 heavy (non-hydrogen) atoms. The van der Waals surface area contributed by atoms with Crippen LogP contribution in [0.15, 0.2) is 24.3 Å². The molecule has 2 N–H and O–H groups in total. The van der Waals surface area contributed by atoms with Gasteiger partial charge in [-0.25, -0.2) is 0 Å². The fourth-order valence-electron chi connectivity index (χ4n) is 1.68. The molecule has 0 spiro atoms. The molecule has 4 heteroatoms. The van der Waals surface area contributed by atoms with Crippen LogP contribution in [0.3, 0.4) is 0 Å². The van der Waals surface area contributed by atoms with Gasteiger partial charge in [-0.2, -0.15) is 0 Å². The predicted octanol–water partition coefficient (Wildman–Crippen LogP) is 1.49. The second-order valence-corrected chi connectivity index (χ2v) is 4.58. The molecule has 4 nitrogen and oxygen atoms in total. The van der Waals surface area contributed by atoms with Gasteiger partial charge in [0.1, 0.15) is 5.54 Å². The Kier molecular flexibility index (Phi) is 4.12. The second kappa shape index (κ2) is 5.19. The van der Waals surface area contributed by atoms with Crippen LogP contribution < -0.4 is 10.2 Å². The van der Waals surface area contributed by atoms with Crippen molar-refractivity contribution in [2.24, 2.45) is 0 Å². The molecule has 0 aliphatic rings. The van der Waals surface area contributed by atoms with E-state index in [4.69, 9.17) is 0 Å². The number of nitrogens with one attached hydrogen (secondary N) is 1. The van der Waals surface area contributed by atoms with Crippen LogP contribution in [0.1, 0.15) is 12.5 Å². The van der Waals surface area contributed by atoms with Crippen LogP contribution in [0.2, 0.25) is 0 Å². The smallest absolute Gasteiger partial charge is 0.325 e. The van der Waals surface area contributed by atoms with E-state index in [0.717, 1.165) is 11.3 Å². The van der Waals surface area contributed by atoms with Crippen LogP contribution in [0.5, 0.6) is 0 Å². The van der Waals surface area contributed by atoms with Crippen molar-refractivity contribution in [1.82, 2.24) is 5.32 Å². The number of likely N-dealkylation sites (N-methyl/N-ethyl adjacent to an activating group) is 2. The number of benzene rings is 1. The van der Waals surface area contributed by atoms with Crippen molar-refractivity contribution in [3.05, 3.63) is 29.8 Å². The standard InChI is InChI=1S/C13H20N2O2/c1-10-6-5-7-11(8-10)15(4)9-13(2,14-3)12(16)17/h5-8,14H,9H2,1-4H3,(H,16,17). The van der Waals surface area contributed by atoms with Gasteiger partial charge in [0.2, 0.25) is 0 Å². The molecular weight excluding hydrogens is 216 g/mol. The lowest BCUT2D eigenvalue weighted by molar-refractivity contribution is -0.143. The molecule has 0 radical (unpaired) electrons. The third-order valence-corrected chi connectivity index (χ3v) is 3.02. The summed E-state index contributed by atoms with van der Waals surface area (Å²) in [6.45, 7) is 4.11. The number of carboxylic acid groups (broad SMARTS) is 1. The Balaban J connectivity index is 2.85. The minimum atomic E-state index is -0.946. The van der Waals surface area contributed by atoms with E-state index in [9.17, 15) is 9.90 Å². The highest BCUT2D eigenvalue weighted by molar-refractivity contribution is 5.79. The van der Waals surface area contributed by atoms with Crippen molar-refractivity contribution >= 4 is 11.7 Å². The summed E-state index contributed by atoms with van der Waals surface area (Å²) in [4.78, 5) is 13.1. The van der Waals surface area contributed by atoms with Crippen molar-refractivity contribution in [3.8, 4) is 0 Å². The highest BCUT2D eigenvalue weighted by atomic mass is 16.4. The number of rotatable bonds is 5. The zero-order chi connectivity index (χ0) is 13.1. The van der Waals surface area contributed by atoms with Gasteiger partial charge in [-0.1, -0.05) is 12.1 Å². The van der Waals surface area contributed by atoms with Crippen LogP contribution >= 0.6 is 0 Å². The number of aliphatic carboxylic acids is 1. The molecule has 0 aliphatic carbocycles. The Bertz CT molecular complexity index is 406. The average molecular weight is 236 g/mol. The molecule has 0 aromatic heterocycles. The van der Waals surface area contributed by atoms with Crippen LogP contribution in [0, 0.1) is 6.92 Å². The summed E-state index contributed by atoms with van der Waals surface area (Å²) in [7, 11) is 3.56. The summed E-state index contributed by atoms with van der Waals surface area (Å²) in [5.41, 5.74) is 1.24. The van der Waals surface area contributed by atoms with Gasteiger partial charge in [0.25, 0.3) is 0 Å². The lowest BCUT2D eigenvalue weighted by Crippen LogP contribution is -2.55. The molecule has 0 aliphatic heterocycles. The number of nitrogens with zero attached hydrogens (tertiary/aromatic N) is 1. The average Bonchev–Trinajstić information content (AvgIpc) is 2.28. The number of anilines is 1. The maximum absolute atomic E-state index is 11.2. The predicted molar refractivity (Wildman–Crippen MR) is 69.5 cm³/mol. The molecule has 0 amide bonds. The molecular formula is C13H20N2O2. The van der Waals surface area contributed by atoms with Crippen molar-refractivity contribution in [2.45, 2.75) is 19.4 Å². The molecule has 1 aromatic rings. The van der Waals surface area contributed by atoms with Crippen LogP contribution in [-0.4, -0.2) is 37.3 Å². The monoisotopic (exact) mass is 236 g/mol. The van der Waals surface area contributed by atoms with Gasteiger partial charge in [0, 0.05) is 19.3 Å². The summed E-state index contributed by atoms with van der Waals surface area (Å²) >= 11 is 0. The molecule has 0 heterocycles. The van der Waals surface area contributed by atoms with E-state index in [1.165, 1.54) is 0 Å². The highest BCUT2D eigenvalue weighted by Crippen LogP contribution is 2.17. The lowest BCUT2D eigenvalue weighted by Gasteiger charge is -2.31. The van der Waals surface area contributed by atoms with Crippen molar-refractivity contribution in [1.29, 1.82) is 0 Å². The normalized spacial score (nSPS) is 14.1. The molecule has 0 fully saturated rings. The zero-order valence-electron chi connectivity index (χ0n) is 10.8. The number of hydrogen-bond acceptors (Lipinski definition) is 3. The molecule has 0 bridgehead atoms. The maximum Gasteiger partial charge on any atom is 0.325 e. The molecule has 1 atom stereocenters. The summed E-state index contributed by atoms with van der Waals surface area (Å²) in [6.07, 6.45) is 0. The van der Waals surface area contributed by atoms with Crippen molar-refractivity contribution < 1.29 is 9.90 Å². The first-order valence-corrected chi connectivity index (χ1v) is 5.59. The summed E-state index contributed by atoms with van der Waals surface area (Å²) in [6, 6.07) is 8.01. The molecule has 1 rings (SSSR count). The van der Waals surface area contributed by atoms with Gasteiger partial charge in [-0.3, -0.25) is 4.79 Å². The van der Waals surface area contributed by atoms with E-state index >= 15 is 0 Å². The highest BCUT2D eigenvalue weighted by Gasteiger charge is 2.32. The minimum absolute atomic E-state index is 0.405. The largest absolute Gasteiger partial charge is 0.480 e. The van der Waals surface area contributed by atoms with Gasteiger partial charge in [-0.15, -0.1) is 0 Å². The van der Waals surface area contributed by atoms with E-state index in [1.54, 1.807) is 14.0 Å². The SMILES string of the molecule is CNC(C)(CN(C)c1cccc(C)c1)C(=O)O. The Hall–Kier alpha value is -1.55. The van der Waals surface area contributed by atoms with Gasteiger partial charge in [0.15, 0.2) is 0 Å². The Morgan fingerprint density at radius 3 is 2.65 bits per heavy atom. The minimum Gasteiger partial charge on any atom is -0.480 e. The van der Waals surface area contributed by atoms with E-state index in [-0.39, 0.29) is 0 Å². The second-order valence-electron chi connectivity index (χ2n) is 4.58. The first kappa shape index (κ1) is 13.5. The van der Waals surface area contributed by atoms with E-state index < -0.39 is 11.5 Å². The Morgan fingerprint density at radius 1 is 1.53 bits per heavy atom. The number of aryl methyl sites for hydroxylation is 1. The maximum atomic E-state index is 11.2. The Labute approximate surface area is 102 Å². The molecule has 0 saturated carbocycles. The fraction of sp³-hybridized carbons (Fsp3) is 0.462. The molecule has 94 valence electrons. The summed E-state index contributed by atoms with van der Waals surface area (Å²) in [5.74, 6) is -0.848. The molecule has 1 aromatic carbocycles. The van der Waals surface area contributed by atoms with Gasteiger partial charge in [-0.05, 0) is 38.6 Å². The lowest BCUT2D eigenvalue weighted by atomic mass is 10.0. The van der Waals surface area contributed by atoms with E-state index in [1.807, 2.05) is 43.1 Å². The molecule has 0 saturated heterocycles. The van der Waals surface area contributed by atoms with E-state index in [0.29, 0.717) is 6.54 Å². The van der Waals surface area contributed by atoms with Crippen molar-refractivity contribution in [3.63, 3.8) is 0 Å². The van der Waals surface area contributed by atoms with Crippen LogP contribution in [0.4, 0.5) is 5.69 Å². The van der Waals surface area contributed by atoms with Crippen LogP contribution in [0.25, 0.3) is 0 Å². The zero-order valence-corrected chi connectivity index (χ0v) is 10.8. The third kappa shape index (κ3) is 3.20. The quantitative estimate of drug-likeness (QED) is 0.813. The van der Waals surface area contributed by atoms with E-state index in [2.05, 4.69) is 5.32 Å². The number of hydrogen-bond donors (Lipinski definition) is 2. The summed E-state index contributed by atoms with van der Waals surface area (Å²) < 4.78 is 0. The Morgan fingerprint density at radius 2 is 2.18 bits per heavy atom. The van der Waals surface area contributed by atoms with Gasteiger partial charge < -0.3 is 15.3 Å². The topological polar surface area (TPSA) is 52.6 Å². The fourth-order valence-corrected chi connectivity index (χ4v) is 1.68.